The lowest BCUT2D eigenvalue weighted by molar-refractivity contribution is -0.125. The Kier molecular flexibility index (Phi) is 5.17. The van der Waals surface area contributed by atoms with Gasteiger partial charge in [-0.15, -0.1) is 0 Å². The summed E-state index contributed by atoms with van der Waals surface area (Å²) in [6, 6.07) is 0. The first-order valence-corrected chi connectivity index (χ1v) is 8.22. The first-order chi connectivity index (χ1) is 9.63. The summed E-state index contributed by atoms with van der Waals surface area (Å²) in [6.45, 7) is 1.91. The van der Waals surface area contributed by atoms with Crippen LogP contribution < -0.4 is 5.32 Å². The molecule has 0 radical (unpaired) electrons. The van der Waals surface area contributed by atoms with Crippen molar-refractivity contribution in [2.75, 3.05) is 6.26 Å². The Morgan fingerprint density at radius 2 is 2.05 bits per heavy atom. The van der Waals surface area contributed by atoms with Gasteiger partial charge in [-0.05, 0) is 43.4 Å². The molecule has 0 saturated heterocycles. The van der Waals surface area contributed by atoms with E-state index in [0.717, 1.165) is 31.3 Å². The highest BCUT2D eigenvalue weighted by atomic mass is 32.2. The van der Waals surface area contributed by atoms with Crippen molar-refractivity contribution in [1.82, 2.24) is 5.32 Å². The van der Waals surface area contributed by atoms with Gasteiger partial charge in [-0.25, -0.2) is 4.40 Å². The maximum Gasteiger partial charge on any atom is 0.227 e. The molecule has 2 rings (SSSR count). The minimum Gasteiger partial charge on any atom is -0.324 e. The molecule has 108 valence electrons. The van der Waals surface area contributed by atoms with E-state index in [2.05, 4.69) is 9.71 Å². The average molecular weight is 291 g/mol. The van der Waals surface area contributed by atoms with Crippen molar-refractivity contribution in [3.63, 3.8) is 0 Å². The zero-order valence-electron chi connectivity index (χ0n) is 12.0. The summed E-state index contributed by atoms with van der Waals surface area (Å²) in [4.78, 5) is 12.3. The Hall–Kier alpha value is -1.36. The topological polar surface area (TPSA) is 65.3 Å². The number of allylic oxidation sites excluding steroid dienone is 4. The van der Waals surface area contributed by atoms with Gasteiger partial charge in [0.15, 0.2) is 0 Å². The molecule has 0 heterocycles. The largest absolute Gasteiger partial charge is 0.324 e. The molecule has 0 aromatic heterocycles. The number of hydrogen-bond donors (Lipinski definition) is 2. The number of rotatable bonds is 3. The second kappa shape index (κ2) is 6.88. The van der Waals surface area contributed by atoms with Gasteiger partial charge in [0.2, 0.25) is 5.91 Å². The molecule has 2 aliphatic carbocycles. The minimum atomic E-state index is 0.0580. The molecular formula is C15H21N3OS. The Labute approximate surface area is 124 Å². The molecule has 5 heteroatoms. The standard InChI is InChI=1S/C15H21N3OS/c1-10-8-9-12(18-20-2)13(16)14(10)17-15(19)11-6-4-3-5-7-11/h8-9,11,16H,3-7H2,1-2H3,(H,17,19)/b16-13?,18-12-. The van der Waals surface area contributed by atoms with Crippen molar-refractivity contribution in [2.45, 2.75) is 39.0 Å². The summed E-state index contributed by atoms with van der Waals surface area (Å²) in [6.07, 6.45) is 11.0. The van der Waals surface area contributed by atoms with Crippen LogP contribution in [0.5, 0.6) is 0 Å². The van der Waals surface area contributed by atoms with Crippen LogP contribution in [0.4, 0.5) is 0 Å². The van der Waals surface area contributed by atoms with E-state index in [1.54, 1.807) is 0 Å². The van der Waals surface area contributed by atoms with E-state index in [0.29, 0.717) is 17.1 Å². The molecule has 0 aromatic carbocycles. The van der Waals surface area contributed by atoms with E-state index in [9.17, 15) is 4.79 Å². The third kappa shape index (κ3) is 3.39. The number of nitrogens with one attached hydrogen (secondary N) is 2. The zero-order chi connectivity index (χ0) is 14.5. The molecule has 1 saturated carbocycles. The summed E-state index contributed by atoms with van der Waals surface area (Å²) >= 11 is 1.32. The fourth-order valence-corrected chi connectivity index (χ4v) is 2.97. The summed E-state index contributed by atoms with van der Waals surface area (Å²) in [5, 5.41) is 11.1. The third-order valence-corrected chi connectivity index (χ3v) is 4.18. The van der Waals surface area contributed by atoms with Gasteiger partial charge >= 0.3 is 0 Å². The molecule has 0 atom stereocenters. The fraction of sp³-hybridized carbons (Fsp3) is 0.533. The summed E-state index contributed by atoms with van der Waals surface area (Å²) in [7, 11) is 0. The smallest absolute Gasteiger partial charge is 0.227 e. The second-order valence-corrected chi connectivity index (χ2v) is 5.80. The van der Waals surface area contributed by atoms with Gasteiger partial charge < -0.3 is 5.32 Å². The molecule has 0 unspecified atom stereocenters. The molecule has 0 bridgehead atoms. The van der Waals surface area contributed by atoms with E-state index in [1.165, 1.54) is 18.4 Å². The summed E-state index contributed by atoms with van der Waals surface area (Å²) in [5.41, 5.74) is 2.45. The first-order valence-electron chi connectivity index (χ1n) is 7.03. The highest BCUT2D eigenvalue weighted by Crippen LogP contribution is 2.24. The molecule has 1 fully saturated rings. The maximum atomic E-state index is 12.3. The molecule has 0 aliphatic heterocycles. The van der Waals surface area contributed by atoms with Crippen molar-refractivity contribution in [2.24, 2.45) is 10.3 Å². The minimum absolute atomic E-state index is 0.0580. The highest BCUT2D eigenvalue weighted by molar-refractivity contribution is 7.97. The van der Waals surface area contributed by atoms with Gasteiger partial charge in [-0.2, -0.15) is 0 Å². The highest BCUT2D eigenvalue weighted by Gasteiger charge is 2.25. The number of carbonyl (C=O) groups is 1. The van der Waals surface area contributed by atoms with Crippen LogP contribution >= 0.6 is 11.9 Å². The average Bonchev–Trinajstić information content (AvgIpc) is 2.47. The maximum absolute atomic E-state index is 12.3. The van der Waals surface area contributed by atoms with Crippen LogP contribution in [0.3, 0.4) is 0 Å². The van der Waals surface area contributed by atoms with Gasteiger partial charge in [0.05, 0.1) is 11.4 Å². The van der Waals surface area contributed by atoms with Gasteiger partial charge in [-0.1, -0.05) is 25.3 Å². The quantitative estimate of drug-likeness (QED) is 0.619. The molecular weight excluding hydrogens is 270 g/mol. The van der Waals surface area contributed by atoms with E-state index in [1.807, 2.05) is 25.3 Å². The van der Waals surface area contributed by atoms with Crippen molar-refractivity contribution in [3.05, 3.63) is 23.4 Å². The lowest BCUT2D eigenvalue weighted by atomic mass is 9.88. The van der Waals surface area contributed by atoms with E-state index >= 15 is 0 Å². The number of amides is 1. The van der Waals surface area contributed by atoms with Crippen molar-refractivity contribution < 1.29 is 4.79 Å². The molecule has 2 aliphatic rings. The lowest BCUT2D eigenvalue weighted by Crippen LogP contribution is -2.37. The fourth-order valence-electron chi connectivity index (χ4n) is 2.62. The Morgan fingerprint density at radius 3 is 2.70 bits per heavy atom. The van der Waals surface area contributed by atoms with Crippen LogP contribution in [0.15, 0.2) is 27.8 Å². The molecule has 1 amide bonds. The van der Waals surface area contributed by atoms with Crippen LogP contribution in [0.1, 0.15) is 39.0 Å². The van der Waals surface area contributed by atoms with E-state index < -0.39 is 0 Å². The Balaban J connectivity index is 2.10. The van der Waals surface area contributed by atoms with Gasteiger partial charge in [-0.3, -0.25) is 10.2 Å². The first kappa shape index (κ1) is 15.0. The van der Waals surface area contributed by atoms with Crippen LogP contribution in [0, 0.1) is 11.3 Å². The Bertz CT molecular complexity index is 499. The molecule has 0 spiro atoms. The molecule has 20 heavy (non-hydrogen) atoms. The van der Waals surface area contributed by atoms with Gasteiger partial charge in [0.25, 0.3) is 0 Å². The predicted octanol–water partition coefficient (Wildman–Crippen LogP) is 3.27. The summed E-state index contributed by atoms with van der Waals surface area (Å²) in [5.74, 6) is 0.159. The SMILES string of the molecule is CS/N=C1/C=CC(C)=C(NC(=O)C2CCCCC2)C1=N. The number of carbonyl (C=O) groups excluding carboxylic acids is 1. The van der Waals surface area contributed by atoms with Crippen LogP contribution in [-0.2, 0) is 4.79 Å². The van der Waals surface area contributed by atoms with E-state index in [-0.39, 0.29) is 11.8 Å². The van der Waals surface area contributed by atoms with Crippen LogP contribution in [0.25, 0.3) is 0 Å². The lowest BCUT2D eigenvalue weighted by Gasteiger charge is -2.23. The Morgan fingerprint density at radius 1 is 1.35 bits per heavy atom. The molecule has 0 aromatic rings. The van der Waals surface area contributed by atoms with Crippen LogP contribution in [-0.4, -0.2) is 23.6 Å². The third-order valence-electron chi connectivity index (χ3n) is 3.81. The number of hydrogen-bond acceptors (Lipinski definition) is 4. The monoisotopic (exact) mass is 291 g/mol. The van der Waals surface area contributed by atoms with Gasteiger partial charge in [0.1, 0.15) is 5.71 Å². The normalized spacial score (nSPS) is 22.5. The zero-order valence-corrected chi connectivity index (χ0v) is 12.8. The van der Waals surface area contributed by atoms with Gasteiger partial charge in [0, 0.05) is 12.2 Å². The second-order valence-electron chi connectivity index (χ2n) is 5.25. The van der Waals surface area contributed by atoms with Crippen molar-refractivity contribution >= 4 is 29.3 Å². The number of nitrogens with zero attached hydrogens (tertiary/aromatic N) is 1. The van der Waals surface area contributed by atoms with Crippen LogP contribution in [0.2, 0.25) is 0 Å². The summed E-state index contributed by atoms with van der Waals surface area (Å²) < 4.78 is 4.21. The van der Waals surface area contributed by atoms with Crippen molar-refractivity contribution in [3.8, 4) is 0 Å². The molecule has 2 N–H and O–H groups in total. The van der Waals surface area contributed by atoms with Crippen molar-refractivity contribution in [1.29, 1.82) is 5.41 Å². The van der Waals surface area contributed by atoms with E-state index in [4.69, 9.17) is 5.41 Å². The predicted molar refractivity (Wildman–Crippen MR) is 85.2 cm³/mol. The molecule has 4 nitrogen and oxygen atoms in total.